The summed E-state index contributed by atoms with van der Waals surface area (Å²) in [5.41, 5.74) is 2.53. The molecule has 4 rings (SSSR count). The van der Waals surface area contributed by atoms with Crippen molar-refractivity contribution in [1.29, 1.82) is 0 Å². The predicted octanol–water partition coefficient (Wildman–Crippen LogP) is 5.67. The number of aromatic nitrogens is 2. The average molecular weight is 409 g/mol. The second-order valence-corrected chi connectivity index (χ2v) is 7.73. The third kappa shape index (κ3) is 3.44. The third-order valence-electron chi connectivity index (χ3n) is 4.46. The minimum atomic E-state index is -0.184. The van der Waals surface area contributed by atoms with E-state index < -0.39 is 0 Å². The summed E-state index contributed by atoms with van der Waals surface area (Å²) in [5, 5.41) is 4.36. The molecule has 0 radical (unpaired) electrons. The van der Waals surface area contributed by atoms with Gasteiger partial charge in [0, 0.05) is 23.4 Å². The van der Waals surface area contributed by atoms with Crippen LogP contribution in [-0.4, -0.2) is 22.9 Å². The highest BCUT2D eigenvalue weighted by Gasteiger charge is 2.21. The first-order valence-corrected chi connectivity index (χ1v) is 9.84. The van der Waals surface area contributed by atoms with Gasteiger partial charge in [0.25, 0.3) is 5.91 Å². The Morgan fingerprint density at radius 1 is 1.11 bits per heavy atom. The van der Waals surface area contributed by atoms with Crippen LogP contribution < -0.4 is 10.2 Å². The van der Waals surface area contributed by atoms with Crippen molar-refractivity contribution in [1.82, 2.24) is 9.97 Å². The van der Waals surface area contributed by atoms with Gasteiger partial charge in [-0.25, -0.2) is 9.97 Å². The lowest BCUT2D eigenvalue weighted by Crippen LogP contribution is -2.13. The van der Waals surface area contributed by atoms with Gasteiger partial charge in [0.15, 0.2) is 0 Å². The molecule has 0 aliphatic heterocycles. The van der Waals surface area contributed by atoms with Gasteiger partial charge in [-0.1, -0.05) is 35.9 Å². The van der Waals surface area contributed by atoms with Crippen molar-refractivity contribution in [3.05, 3.63) is 76.4 Å². The number of carbonyl (C=O) groups is 1. The Labute approximate surface area is 171 Å². The number of para-hydroxylation sites is 1. The molecule has 0 saturated heterocycles. The molecule has 0 bridgehead atoms. The number of carbonyl (C=O) groups excluding carboxylic acids is 1. The fourth-order valence-corrected chi connectivity index (χ4v) is 4.28. The molecule has 28 heavy (non-hydrogen) atoms. The monoisotopic (exact) mass is 408 g/mol. The Balaban J connectivity index is 1.74. The van der Waals surface area contributed by atoms with Gasteiger partial charge in [0.1, 0.15) is 17.0 Å². The summed E-state index contributed by atoms with van der Waals surface area (Å²) in [5.74, 6) is 0.586. The summed E-state index contributed by atoms with van der Waals surface area (Å²) in [7, 11) is 1.96. The van der Waals surface area contributed by atoms with Crippen LogP contribution in [0.3, 0.4) is 0 Å². The Hall–Kier alpha value is -2.96. The van der Waals surface area contributed by atoms with Crippen molar-refractivity contribution in [2.24, 2.45) is 0 Å². The van der Waals surface area contributed by atoms with Crippen molar-refractivity contribution < 1.29 is 4.79 Å². The average Bonchev–Trinajstić information content (AvgIpc) is 3.05. The van der Waals surface area contributed by atoms with Crippen molar-refractivity contribution >= 4 is 56.3 Å². The van der Waals surface area contributed by atoms with E-state index in [0.717, 1.165) is 27.3 Å². The largest absolute Gasteiger partial charge is 0.329 e. The van der Waals surface area contributed by atoms with Crippen LogP contribution in [0.1, 0.15) is 15.2 Å². The number of hydrogen-bond donors (Lipinski definition) is 1. The van der Waals surface area contributed by atoms with E-state index >= 15 is 0 Å². The lowest BCUT2D eigenvalue weighted by molar-refractivity contribution is 0.103. The molecule has 2 heterocycles. The molecule has 0 atom stereocenters. The number of aryl methyl sites for hydroxylation is 1. The van der Waals surface area contributed by atoms with Crippen LogP contribution >= 0.6 is 22.9 Å². The first kappa shape index (κ1) is 18.4. The van der Waals surface area contributed by atoms with Gasteiger partial charge in [0.2, 0.25) is 0 Å². The molecule has 0 fully saturated rings. The quantitative estimate of drug-likeness (QED) is 0.472. The zero-order valence-electron chi connectivity index (χ0n) is 15.3. The maximum absolute atomic E-state index is 12.9. The summed E-state index contributed by atoms with van der Waals surface area (Å²) in [6, 6.07) is 17.1. The summed E-state index contributed by atoms with van der Waals surface area (Å²) < 4.78 is 0. The van der Waals surface area contributed by atoms with Gasteiger partial charge in [-0.2, -0.15) is 0 Å². The Morgan fingerprint density at radius 2 is 1.89 bits per heavy atom. The molecule has 140 valence electrons. The highest BCUT2D eigenvalue weighted by Crippen LogP contribution is 2.37. The molecule has 7 heteroatoms. The number of rotatable bonds is 4. The zero-order valence-corrected chi connectivity index (χ0v) is 16.9. The van der Waals surface area contributed by atoms with Gasteiger partial charge < -0.3 is 10.2 Å². The van der Waals surface area contributed by atoms with Gasteiger partial charge in [-0.3, -0.25) is 4.79 Å². The minimum Gasteiger partial charge on any atom is -0.329 e. The molecule has 1 N–H and O–H groups in total. The summed E-state index contributed by atoms with van der Waals surface area (Å²) in [4.78, 5) is 25.1. The number of nitrogens with one attached hydrogen (secondary N) is 1. The zero-order chi connectivity index (χ0) is 19.7. The van der Waals surface area contributed by atoms with Crippen molar-refractivity contribution in [2.75, 3.05) is 17.3 Å². The summed E-state index contributed by atoms with van der Waals surface area (Å²) in [6.07, 6.45) is 1.53. The van der Waals surface area contributed by atoms with Gasteiger partial charge >= 0.3 is 0 Å². The molecule has 5 nitrogen and oxygen atoms in total. The van der Waals surface area contributed by atoms with E-state index in [1.54, 1.807) is 24.3 Å². The first-order valence-electron chi connectivity index (χ1n) is 8.64. The predicted molar refractivity (Wildman–Crippen MR) is 116 cm³/mol. The number of anilines is 3. The number of nitrogens with zero attached hydrogens (tertiary/aromatic N) is 3. The fraction of sp³-hybridized carbons (Fsp3) is 0.0952. The molecule has 0 aliphatic rings. The lowest BCUT2D eigenvalue weighted by Gasteiger charge is -2.19. The van der Waals surface area contributed by atoms with Gasteiger partial charge in [0.05, 0.1) is 10.3 Å². The van der Waals surface area contributed by atoms with E-state index in [-0.39, 0.29) is 5.91 Å². The number of benzene rings is 2. The highest BCUT2D eigenvalue weighted by molar-refractivity contribution is 7.20. The second-order valence-electron chi connectivity index (χ2n) is 6.29. The first-order chi connectivity index (χ1) is 13.5. The van der Waals surface area contributed by atoms with Crippen molar-refractivity contribution in [3.8, 4) is 0 Å². The van der Waals surface area contributed by atoms with E-state index in [1.165, 1.54) is 17.7 Å². The Bertz CT molecular complexity index is 1160. The Morgan fingerprint density at radius 3 is 2.64 bits per heavy atom. The van der Waals surface area contributed by atoms with Crippen LogP contribution in [0, 0.1) is 6.92 Å². The van der Waals surface area contributed by atoms with E-state index in [0.29, 0.717) is 15.6 Å². The van der Waals surface area contributed by atoms with Crippen LogP contribution in [0.4, 0.5) is 17.2 Å². The molecule has 0 unspecified atom stereocenters. The number of hydrogen-bond acceptors (Lipinski definition) is 5. The maximum Gasteiger partial charge on any atom is 0.266 e. The molecule has 0 aliphatic carbocycles. The van der Waals surface area contributed by atoms with E-state index in [4.69, 9.17) is 11.6 Å². The van der Waals surface area contributed by atoms with Gasteiger partial charge in [-0.05, 0) is 42.8 Å². The van der Waals surface area contributed by atoms with Crippen LogP contribution in [0.2, 0.25) is 5.02 Å². The molecule has 1 amide bonds. The summed E-state index contributed by atoms with van der Waals surface area (Å²) >= 11 is 7.37. The fourth-order valence-electron chi connectivity index (χ4n) is 3.05. The van der Waals surface area contributed by atoms with Gasteiger partial charge in [-0.15, -0.1) is 11.3 Å². The SMILES string of the molecule is Cc1c(C(=O)Nc2cccc(Cl)c2)sc2ncnc(N(C)c3ccccc3)c12. The standard InChI is InChI=1S/C21H17ClN4OS/c1-13-17-19(26(2)16-9-4-3-5-10-16)23-12-24-21(17)28-18(13)20(27)25-15-8-6-7-14(22)11-15/h3-12H,1-2H3,(H,25,27). The van der Waals surface area contributed by atoms with E-state index in [1.807, 2.05) is 49.2 Å². The topological polar surface area (TPSA) is 58.1 Å². The number of amides is 1. The number of thiophene rings is 1. The van der Waals surface area contributed by atoms with Crippen molar-refractivity contribution in [3.63, 3.8) is 0 Å². The van der Waals surface area contributed by atoms with E-state index in [9.17, 15) is 4.79 Å². The second kappa shape index (κ2) is 7.58. The molecule has 0 saturated carbocycles. The highest BCUT2D eigenvalue weighted by atomic mass is 35.5. The normalized spacial score (nSPS) is 10.8. The lowest BCUT2D eigenvalue weighted by atomic mass is 10.1. The summed E-state index contributed by atoms with van der Waals surface area (Å²) in [6.45, 7) is 1.93. The molecule has 0 spiro atoms. The van der Waals surface area contributed by atoms with Crippen LogP contribution in [0.25, 0.3) is 10.2 Å². The molecular weight excluding hydrogens is 392 g/mol. The van der Waals surface area contributed by atoms with E-state index in [2.05, 4.69) is 15.3 Å². The number of fused-ring (bicyclic) bond motifs is 1. The molecule has 4 aromatic rings. The minimum absolute atomic E-state index is 0.184. The molecule has 2 aromatic carbocycles. The molecule has 2 aromatic heterocycles. The van der Waals surface area contributed by atoms with Crippen LogP contribution in [0.5, 0.6) is 0 Å². The Kier molecular flexibility index (Phi) is 4.98. The van der Waals surface area contributed by atoms with Crippen LogP contribution in [-0.2, 0) is 0 Å². The molecular formula is C21H17ClN4OS. The smallest absolute Gasteiger partial charge is 0.266 e. The van der Waals surface area contributed by atoms with Crippen molar-refractivity contribution in [2.45, 2.75) is 6.92 Å². The third-order valence-corrected chi connectivity index (χ3v) is 5.89. The number of halogens is 1. The maximum atomic E-state index is 12.9. The van der Waals surface area contributed by atoms with Crippen LogP contribution in [0.15, 0.2) is 60.9 Å².